The smallest absolute Gasteiger partial charge is 0.253 e. The quantitative estimate of drug-likeness (QED) is 0.649. The number of rotatable bonds is 8. The summed E-state index contributed by atoms with van der Waals surface area (Å²) in [6.07, 6.45) is 1.85. The third-order valence-corrected chi connectivity index (χ3v) is 6.34. The van der Waals surface area contributed by atoms with Crippen molar-refractivity contribution in [3.05, 3.63) is 59.2 Å². The van der Waals surface area contributed by atoms with Crippen LogP contribution < -0.4 is 14.9 Å². The second-order valence-electron chi connectivity index (χ2n) is 7.84. The lowest BCUT2D eigenvalue weighted by Gasteiger charge is -2.30. The van der Waals surface area contributed by atoms with E-state index in [9.17, 15) is 18.0 Å². The standard InChI is InChI=1S/C23H31N3O4S/c1-7-17(4)24-23(28)19-10-8-9-11-20(19)25-22(27)18(5)26(31(6,29)30)21-14-15(2)12-13-16(21)3/h8-14,17-18H,7H2,1-6H3,(H,24,28)(H,25,27)/t17-,18+/m0/s1. The van der Waals surface area contributed by atoms with Gasteiger partial charge < -0.3 is 10.6 Å². The Morgan fingerprint density at radius 3 is 2.32 bits per heavy atom. The van der Waals surface area contributed by atoms with Crippen LogP contribution in [0.3, 0.4) is 0 Å². The molecule has 168 valence electrons. The van der Waals surface area contributed by atoms with E-state index in [4.69, 9.17) is 0 Å². The summed E-state index contributed by atoms with van der Waals surface area (Å²) in [4.78, 5) is 25.7. The summed E-state index contributed by atoms with van der Waals surface area (Å²) in [5.74, 6) is -0.831. The lowest BCUT2D eigenvalue weighted by molar-refractivity contribution is -0.116. The maximum absolute atomic E-state index is 13.1. The summed E-state index contributed by atoms with van der Waals surface area (Å²) in [5, 5.41) is 5.61. The lowest BCUT2D eigenvalue weighted by atomic mass is 10.1. The number of hydrogen-bond donors (Lipinski definition) is 2. The normalized spacial score (nSPS) is 13.2. The fourth-order valence-electron chi connectivity index (χ4n) is 3.17. The molecule has 0 saturated heterocycles. The van der Waals surface area contributed by atoms with Crippen LogP contribution in [0.5, 0.6) is 0 Å². The number of anilines is 2. The third-order valence-electron chi connectivity index (χ3n) is 5.11. The van der Waals surface area contributed by atoms with Gasteiger partial charge in [0.2, 0.25) is 15.9 Å². The molecule has 2 amide bonds. The van der Waals surface area contributed by atoms with Crippen LogP contribution >= 0.6 is 0 Å². The zero-order chi connectivity index (χ0) is 23.3. The number of carbonyl (C=O) groups excluding carboxylic acids is 2. The van der Waals surface area contributed by atoms with Crippen molar-refractivity contribution in [1.29, 1.82) is 0 Å². The Hall–Kier alpha value is -2.87. The number of carbonyl (C=O) groups is 2. The molecule has 0 aliphatic rings. The SMILES string of the molecule is CC[C@H](C)NC(=O)c1ccccc1NC(=O)[C@@H](C)N(c1cc(C)ccc1C)S(C)(=O)=O. The highest BCUT2D eigenvalue weighted by atomic mass is 32.2. The fraction of sp³-hybridized carbons (Fsp3) is 0.391. The van der Waals surface area contributed by atoms with Gasteiger partial charge in [-0.05, 0) is 63.4 Å². The number of benzene rings is 2. The van der Waals surface area contributed by atoms with E-state index in [2.05, 4.69) is 10.6 Å². The zero-order valence-corrected chi connectivity index (χ0v) is 19.7. The maximum atomic E-state index is 13.1. The largest absolute Gasteiger partial charge is 0.350 e. The monoisotopic (exact) mass is 445 g/mol. The molecular weight excluding hydrogens is 414 g/mol. The van der Waals surface area contributed by atoms with Gasteiger partial charge in [0.05, 0.1) is 23.2 Å². The molecule has 0 aromatic heterocycles. The Morgan fingerprint density at radius 2 is 1.71 bits per heavy atom. The molecule has 0 unspecified atom stereocenters. The molecule has 2 N–H and O–H groups in total. The van der Waals surface area contributed by atoms with Gasteiger partial charge in [0, 0.05) is 6.04 Å². The van der Waals surface area contributed by atoms with E-state index in [1.165, 1.54) is 6.92 Å². The second kappa shape index (κ2) is 9.96. The minimum atomic E-state index is -3.75. The Labute approximate surface area is 184 Å². The Bertz CT molecular complexity index is 1070. The van der Waals surface area contributed by atoms with Gasteiger partial charge in [-0.1, -0.05) is 31.2 Å². The minimum Gasteiger partial charge on any atom is -0.350 e. The van der Waals surface area contributed by atoms with Crippen molar-refractivity contribution in [2.45, 2.75) is 53.1 Å². The van der Waals surface area contributed by atoms with Crippen LogP contribution in [0.25, 0.3) is 0 Å². The zero-order valence-electron chi connectivity index (χ0n) is 18.9. The van der Waals surface area contributed by atoms with Crippen molar-refractivity contribution in [2.75, 3.05) is 15.9 Å². The number of para-hydroxylation sites is 1. The Balaban J connectivity index is 2.36. The molecule has 0 radical (unpaired) electrons. The highest BCUT2D eigenvalue weighted by Crippen LogP contribution is 2.27. The van der Waals surface area contributed by atoms with Gasteiger partial charge in [0.15, 0.2) is 0 Å². The number of sulfonamides is 1. The van der Waals surface area contributed by atoms with Crippen molar-refractivity contribution in [3.63, 3.8) is 0 Å². The van der Waals surface area contributed by atoms with E-state index < -0.39 is 22.0 Å². The summed E-state index contributed by atoms with van der Waals surface area (Å²) in [6.45, 7) is 9.05. The van der Waals surface area contributed by atoms with Gasteiger partial charge in [0.1, 0.15) is 6.04 Å². The molecule has 0 aliphatic heterocycles. The van der Waals surface area contributed by atoms with E-state index in [1.807, 2.05) is 32.9 Å². The van der Waals surface area contributed by atoms with Crippen LogP contribution in [0.15, 0.2) is 42.5 Å². The number of hydrogen-bond acceptors (Lipinski definition) is 4. The van der Waals surface area contributed by atoms with E-state index in [1.54, 1.807) is 37.3 Å². The molecule has 0 heterocycles. The first kappa shape index (κ1) is 24.4. The van der Waals surface area contributed by atoms with E-state index in [0.29, 0.717) is 16.9 Å². The van der Waals surface area contributed by atoms with Crippen LogP contribution in [-0.4, -0.2) is 38.6 Å². The van der Waals surface area contributed by atoms with E-state index in [0.717, 1.165) is 28.1 Å². The van der Waals surface area contributed by atoms with Gasteiger partial charge in [0.25, 0.3) is 5.91 Å². The molecule has 2 aromatic rings. The summed E-state index contributed by atoms with van der Waals surface area (Å²) < 4.78 is 26.3. The molecule has 0 fully saturated rings. The van der Waals surface area contributed by atoms with Crippen molar-refractivity contribution in [2.24, 2.45) is 0 Å². The summed E-state index contributed by atoms with van der Waals surface area (Å²) in [7, 11) is -3.75. The molecule has 0 spiro atoms. The van der Waals surface area contributed by atoms with Gasteiger partial charge in [-0.25, -0.2) is 8.42 Å². The third kappa shape index (κ3) is 6.07. The molecule has 2 aromatic carbocycles. The predicted molar refractivity (Wildman–Crippen MR) is 125 cm³/mol. The topological polar surface area (TPSA) is 95.6 Å². The number of nitrogens with one attached hydrogen (secondary N) is 2. The van der Waals surface area contributed by atoms with Crippen molar-refractivity contribution >= 4 is 33.2 Å². The van der Waals surface area contributed by atoms with Gasteiger partial charge in [-0.2, -0.15) is 0 Å². The molecular formula is C23H31N3O4S. The highest BCUT2D eigenvalue weighted by Gasteiger charge is 2.31. The first-order valence-corrected chi connectivity index (χ1v) is 12.1. The van der Waals surface area contributed by atoms with Crippen molar-refractivity contribution < 1.29 is 18.0 Å². The number of nitrogens with zero attached hydrogens (tertiary/aromatic N) is 1. The lowest BCUT2D eigenvalue weighted by Crippen LogP contribution is -2.46. The molecule has 0 aliphatic carbocycles. The van der Waals surface area contributed by atoms with Crippen LogP contribution in [0.1, 0.15) is 48.7 Å². The average molecular weight is 446 g/mol. The molecule has 0 saturated carbocycles. The van der Waals surface area contributed by atoms with Crippen LogP contribution in [0.4, 0.5) is 11.4 Å². The van der Waals surface area contributed by atoms with Crippen LogP contribution in [0.2, 0.25) is 0 Å². The Morgan fingerprint density at radius 1 is 1.06 bits per heavy atom. The molecule has 31 heavy (non-hydrogen) atoms. The van der Waals surface area contributed by atoms with Gasteiger partial charge in [-0.15, -0.1) is 0 Å². The molecule has 2 atom stereocenters. The highest BCUT2D eigenvalue weighted by molar-refractivity contribution is 7.92. The molecule has 0 bridgehead atoms. The minimum absolute atomic E-state index is 0.0137. The average Bonchev–Trinajstić information content (AvgIpc) is 2.69. The first-order valence-electron chi connectivity index (χ1n) is 10.2. The van der Waals surface area contributed by atoms with Gasteiger partial charge in [-0.3, -0.25) is 13.9 Å². The maximum Gasteiger partial charge on any atom is 0.253 e. The van der Waals surface area contributed by atoms with Gasteiger partial charge >= 0.3 is 0 Å². The van der Waals surface area contributed by atoms with Crippen molar-refractivity contribution in [3.8, 4) is 0 Å². The summed E-state index contributed by atoms with van der Waals surface area (Å²) in [6, 6.07) is 11.1. The molecule has 7 nitrogen and oxygen atoms in total. The summed E-state index contributed by atoms with van der Waals surface area (Å²) >= 11 is 0. The van der Waals surface area contributed by atoms with Crippen molar-refractivity contribution in [1.82, 2.24) is 5.32 Å². The molecule has 2 rings (SSSR count). The fourth-order valence-corrected chi connectivity index (χ4v) is 4.39. The van der Waals surface area contributed by atoms with Crippen LogP contribution in [-0.2, 0) is 14.8 Å². The Kier molecular flexibility index (Phi) is 7.84. The first-order chi connectivity index (χ1) is 14.5. The van der Waals surface area contributed by atoms with E-state index >= 15 is 0 Å². The summed E-state index contributed by atoms with van der Waals surface area (Å²) in [5.41, 5.74) is 2.72. The second-order valence-corrected chi connectivity index (χ2v) is 9.70. The number of aryl methyl sites for hydroxylation is 2. The van der Waals surface area contributed by atoms with Crippen LogP contribution in [0, 0.1) is 13.8 Å². The van der Waals surface area contributed by atoms with E-state index in [-0.39, 0.29) is 11.9 Å². The number of amides is 2. The predicted octanol–water partition coefficient (Wildman–Crippen LogP) is 3.62. The molecule has 8 heteroatoms.